The molecule has 0 saturated carbocycles. The standard InChI is InChI=1S/C24H35N7O/c1-16-8-7-9-19(17(16)2)29-10-12-30(13-11-29)22(18(3)32)28-21-20-23(26-14-25-21)31(15-27-20)24(4,5)6/h7-9,14-15,18,22,32H,10-13H2,1-6H3,(H,25,26,28). The molecule has 1 aliphatic rings. The maximum Gasteiger partial charge on any atom is 0.165 e. The first-order valence-electron chi connectivity index (χ1n) is 11.3. The van der Waals surface area contributed by atoms with Crippen LogP contribution in [0.4, 0.5) is 11.5 Å². The molecule has 8 heteroatoms. The first kappa shape index (κ1) is 22.5. The van der Waals surface area contributed by atoms with Crippen molar-refractivity contribution in [3.05, 3.63) is 42.0 Å². The van der Waals surface area contributed by atoms with Crippen molar-refractivity contribution in [2.45, 2.75) is 59.4 Å². The molecule has 3 aromatic rings. The fourth-order valence-corrected chi connectivity index (χ4v) is 4.41. The average molecular weight is 438 g/mol. The Morgan fingerprint density at radius 3 is 2.41 bits per heavy atom. The molecule has 8 nitrogen and oxygen atoms in total. The number of anilines is 2. The number of hydrogen-bond acceptors (Lipinski definition) is 7. The molecule has 1 saturated heterocycles. The highest BCUT2D eigenvalue weighted by Gasteiger charge is 2.29. The molecule has 32 heavy (non-hydrogen) atoms. The Hall–Kier alpha value is -2.71. The third kappa shape index (κ3) is 4.29. The number of aliphatic hydroxyl groups is 1. The van der Waals surface area contributed by atoms with Gasteiger partial charge in [-0.15, -0.1) is 0 Å². The van der Waals surface area contributed by atoms with Crippen molar-refractivity contribution < 1.29 is 5.11 Å². The van der Waals surface area contributed by atoms with Gasteiger partial charge in [-0.3, -0.25) is 4.90 Å². The molecule has 0 radical (unpaired) electrons. The van der Waals surface area contributed by atoms with Gasteiger partial charge in [0.05, 0.1) is 12.4 Å². The zero-order valence-corrected chi connectivity index (χ0v) is 20.0. The number of benzene rings is 1. The molecule has 1 aliphatic heterocycles. The number of aliphatic hydroxyl groups excluding tert-OH is 1. The second-order valence-electron chi connectivity index (χ2n) is 9.75. The number of nitrogens with zero attached hydrogens (tertiary/aromatic N) is 6. The fraction of sp³-hybridized carbons (Fsp3) is 0.542. The van der Waals surface area contributed by atoms with Gasteiger partial charge in [0.15, 0.2) is 11.5 Å². The lowest BCUT2D eigenvalue weighted by Crippen LogP contribution is -2.56. The van der Waals surface area contributed by atoms with Crippen LogP contribution in [0.2, 0.25) is 0 Å². The van der Waals surface area contributed by atoms with E-state index in [9.17, 15) is 5.11 Å². The summed E-state index contributed by atoms with van der Waals surface area (Å²) < 4.78 is 2.05. The number of imidazole rings is 1. The SMILES string of the molecule is Cc1cccc(N2CCN(C(Nc3ncnc4c3ncn4C(C)(C)C)C(C)O)CC2)c1C. The minimum atomic E-state index is -0.572. The van der Waals surface area contributed by atoms with Gasteiger partial charge >= 0.3 is 0 Å². The predicted molar refractivity (Wildman–Crippen MR) is 129 cm³/mol. The minimum Gasteiger partial charge on any atom is -0.390 e. The van der Waals surface area contributed by atoms with Gasteiger partial charge in [0.25, 0.3) is 0 Å². The van der Waals surface area contributed by atoms with Gasteiger partial charge < -0.3 is 19.9 Å². The fourth-order valence-electron chi connectivity index (χ4n) is 4.41. The summed E-state index contributed by atoms with van der Waals surface area (Å²) in [6, 6.07) is 6.48. The van der Waals surface area contributed by atoms with Crippen LogP contribution < -0.4 is 10.2 Å². The number of hydrogen-bond donors (Lipinski definition) is 2. The van der Waals surface area contributed by atoms with Gasteiger partial charge in [-0.2, -0.15) is 0 Å². The third-order valence-electron chi connectivity index (χ3n) is 6.42. The van der Waals surface area contributed by atoms with E-state index in [4.69, 9.17) is 0 Å². The first-order valence-corrected chi connectivity index (χ1v) is 11.3. The van der Waals surface area contributed by atoms with E-state index in [0.29, 0.717) is 5.82 Å². The summed E-state index contributed by atoms with van der Waals surface area (Å²) in [4.78, 5) is 18.2. The number of aryl methyl sites for hydroxylation is 1. The molecule has 0 bridgehead atoms. The Morgan fingerprint density at radius 2 is 1.75 bits per heavy atom. The molecule has 3 heterocycles. The molecule has 0 spiro atoms. The molecule has 0 aliphatic carbocycles. The second-order valence-corrected chi connectivity index (χ2v) is 9.75. The van der Waals surface area contributed by atoms with E-state index in [1.807, 2.05) is 13.3 Å². The van der Waals surface area contributed by atoms with Gasteiger partial charge in [0.2, 0.25) is 0 Å². The smallest absolute Gasteiger partial charge is 0.165 e. The summed E-state index contributed by atoms with van der Waals surface area (Å²) in [5.41, 5.74) is 5.34. The van der Waals surface area contributed by atoms with Crippen LogP contribution in [0.3, 0.4) is 0 Å². The summed E-state index contributed by atoms with van der Waals surface area (Å²) in [6.07, 6.45) is 2.54. The molecule has 172 valence electrons. The largest absolute Gasteiger partial charge is 0.390 e. The monoisotopic (exact) mass is 437 g/mol. The second kappa shape index (κ2) is 8.67. The number of rotatable bonds is 5. The maximum absolute atomic E-state index is 10.6. The van der Waals surface area contributed by atoms with E-state index in [1.54, 1.807) is 6.33 Å². The van der Waals surface area contributed by atoms with Crippen LogP contribution in [0.15, 0.2) is 30.9 Å². The molecular weight excluding hydrogens is 402 g/mol. The molecule has 2 aromatic heterocycles. The van der Waals surface area contributed by atoms with Gasteiger partial charge in [-0.1, -0.05) is 12.1 Å². The molecule has 2 unspecified atom stereocenters. The van der Waals surface area contributed by atoms with Crippen molar-refractivity contribution >= 4 is 22.7 Å². The molecule has 1 fully saturated rings. The molecule has 2 N–H and O–H groups in total. The van der Waals surface area contributed by atoms with Crippen molar-refractivity contribution in [3.8, 4) is 0 Å². The predicted octanol–water partition coefficient (Wildman–Crippen LogP) is 3.14. The van der Waals surface area contributed by atoms with Gasteiger partial charge in [-0.25, -0.2) is 15.0 Å². The van der Waals surface area contributed by atoms with E-state index < -0.39 is 6.10 Å². The van der Waals surface area contributed by atoms with Crippen LogP contribution in [0.5, 0.6) is 0 Å². The van der Waals surface area contributed by atoms with Crippen LogP contribution in [0.1, 0.15) is 38.8 Å². The van der Waals surface area contributed by atoms with Crippen LogP contribution in [0, 0.1) is 13.8 Å². The van der Waals surface area contributed by atoms with E-state index >= 15 is 0 Å². The average Bonchev–Trinajstić information content (AvgIpc) is 3.19. The lowest BCUT2D eigenvalue weighted by molar-refractivity contribution is 0.0720. The molecule has 0 amide bonds. The highest BCUT2D eigenvalue weighted by Crippen LogP contribution is 2.27. The Balaban J connectivity index is 1.52. The van der Waals surface area contributed by atoms with Crippen LogP contribution in [0.25, 0.3) is 11.2 Å². The number of fused-ring (bicyclic) bond motifs is 1. The summed E-state index contributed by atoms with van der Waals surface area (Å²) >= 11 is 0. The molecule has 2 atom stereocenters. The van der Waals surface area contributed by atoms with Crippen molar-refractivity contribution in [1.82, 2.24) is 24.4 Å². The Morgan fingerprint density at radius 1 is 1.03 bits per heavy atom. The quantitative estimate of drug-likeness (QED) is 0.634. The number of piperazine rings is 1. The van der Waals surface area contributed by atoms with Gasteiger partial charge in [-0.05, 0) is 58.7 Å². The lowest BCUT2D eigenvalue weighted by Gasteiger charge is -2.42. The summed E-state index contributed by atoms with van der Waals surface area (Å²) in [7, 11) is 0. The highest BCUT2D eigenvalue weighted by atomic mass is 16.3. The normalized spacial score (nSPS) is 17.5. The zero-order valence-electron chi connectivity index (χ0n) is 20.0. The van der Waals surface area contributed by atoms with Gasteiger partial charge in [0.1, 0.15) is 18.0 Å². The maximum atomic E-state index is 10.6. The lowest BCUT2D eigenvalue weighted by atomic mass is 10.1. The van der Waals surface area contributed by atoms with E-state index in [2.05, 4.69) is 87.5 Å². The van der Waals surface area contributed by atoms with Crippen LogP contribution >= 0.6 is 0 Å². The highest BCUT2D eigenvalue weighted by molar-refractivity contribution is 5.83. The van der Waals surface area contributed by atoms with Gasteiger partial charge in [0, 0.05) is 37.4 Å². The topological polar surface area (TPSA) is 82.3 Å². The van der Waals surface area contributed by atoms with Crippen molar-refractivity contribution in [2.75, 3.05) is 36.4 Å². The summed E-state index contributed by atoms with van der Waals surface area (Å²) in [6.45, 7) is 16.1. The Labute approximate surface area is 190 Å². The van der Waals surface area contributed by atoms with Crippen molar-refractivity contribution in [3.63, 3.8) is 0 Å². The Kier molecular flexibility index (Phi) is 6.09. The van der Waals surface area contributed by atoms with Crippen LogP contribution in [-0.2, 0) is 5.54 Å². The molecule has 4 rings (SSSR count). The molecular formula is C24H35N7O. The zero-order chi connectivity index (χ0) is 23.0. The van der Waals surface area contributed by atoms with Crippen molar-refractivity contribution in [1.29, 1.82) is 0 Å². The summed E-state index contributed by atoms with van der Waals surface area (Å²) in [5.74, 6) is 0.654. The van der Waals surface area contributed by atoms with E-state index in [0.717, 1.165) is 37.3 Å². The van der Waals surface area contributed by atoms with Crippen molar-refractivity contribution in [2.24, 2.45) is 0 Å². The van der Waals surface area contributed by atoms with E-state index in [-0.39, 0.29) is 11.7 Å². The van der Waals surface area contributed by atoms with Crippen LogP contribution in [-0.4, -0.2) is 68.0 Å². The van der Waals surface area contributed by atoms with E-state index in [1.165, 1.54) is 16.8 Å². The summed E-state index contributed by atoms with van der Waals surface area (Å²) in [5, 5.41) is 14.1. The minimum absolute atomic E-state index is 0.131. The Bertz CT molecular complexity index is 1080. The number of aromatic nitrogens is 4. The number of nitrogens with one attached hydrogen (secondary N) is 1. The first-order chi connectivity index (χ1) is 15.2. The molecule has 1 aromatic carbocycles. The third-order valence-corrected chi connectivity index (χ3v) is 6.42.